The molecule has 1 aliphatic rings. The van der Waals surface area contributed by atoms with Crippen LogP contribution in [-0.2, 0) is 7.05 Å². The Kier molecular flexibility index (Phi) is 3.04. The normalized spacial score (nSPS) is 16.1. The van der Waals surface area contributed by atoms with Gasteiger partial charge in [-0.2, -0.15) is 5.10 Å². The predicted molar refractivity (Wildman–Crippen MR) is 72.4 cm³/mol. The molecule has 1 saturated carbocycles. The van der Waals surface area contributed by atoms with Gasteiger partial charge in [0.15, 0.2) is 0 Å². The van der Waals surface area contributed by atoms with Gasteiger partial charge in [-0.25, -0.2) is 0 Å². The molecule has 0 aliphatic heterocycles. The number of nitrogens with zero attached hydrogens (tertiary/aromatic N) is 6. The zero-order chi connectivity index (χ0) is 14.3. The molecule has 1 unspecified atom stereocenters. The Morgan fingerprint density at radius 1 is 1.40 bits per heavy atom. The summed E-state index contributed by atoms with van der Waals surface area (Å²) in [7, 11) is 3.66. The average Bonchev–Trinajstić information content (AvgIpc) is 3.02. The van der Waals surface area contributed by atoms with Gasteiger partial charge in [-0.05, 0) is 25.7 Å². The molecule has 0 N–H and O–H groups in total. The van der Waals surface area contributed by atoms with E-state index in [1.165, 1.54) is 12.8 Å². The third kappa shape index (κ3) is 2.09. The maximum Gasteiger partial charge on any atom is 0.259 e. The lowest BCUT2D eigenvalue weighted by Crippen LogP contribution is -2.36. The molecule has 1 atom stereocenters. The highest BCUT2D eigenvalue weighted by molar-refractivity contribution is 5.97. The highest BCUT2D eigenvalue weighted by Crippen LogP contribution is 2.35. The summed E-state index contributed by atoms with van der Waals surface area (Å²) in [6.45, 7) is 2.10. The van der Waals surface area contributed by atoms with Crippen molar-refractivity contribution in [3.63, 3.8) is 0 Å². The van der Waals surface area contributed by atoms with Crippen LogP contribution in [0.1, 0.15) is 30.1 Å². The summed E-state index contributed by atoms with van der Waals surface area (Å²) in [5.74, 6) is 1.31. The molecule has 20 heavy (non-hydrogen) atoms. The minimum Gasteiger partial charge on any atom is -0.339 e. The molecule has 3 rings (SSSR count). The Hall–Kier alpha value is -2.18. The van der Waals surface area contributed by atoms with Crippen LogP contribution in [0.4, 0.5) is 0 Å². The third-order valence-electron chi connectivity index (χ3n) is 4.04. The van der Waals surface area contributed by atoms with Crippen molar-refractivity contribution in [2.24, 2.45) is 13.0 Å². The Balaban J connectivity index is 1.92. The number of aromatic nitrogens is 5. The van der Waals surface area contributed by atoms with E-state index in [-0.39, 0.29) is 11.9 Å². The molecule has 106 valence electrons. The lowest BCUT2D eigenvalue weighted by molar-refractivity contribution is 0.0727. The highest BCUT2D eigenvalue weighted by Gasteiger charge is 2.34. The zero-order valence-electron chi connectivity index (χ0n) is 11.9. The van der Waals surface area contributed by atoms with Crippen molar-refractivity contribution in [2.45, 2.75) is 25.8 Å². The van der Waals surface area contributed by atoms with Crippen LogP contribution in [0.3, 0.4) is 0 Å². The Morgan fingerprint density at radius 2 is 2.05 bits per heavy atom. The summed E-state index contributed by atoms with van der Waals surface area (Å²) in [6, 6.07) is 0.261. The Bertz CT molecular complexity index is 613. The smallest absolute Gasteiger partial charge is 0.259 e. The van der Waals surface area contributed by atoms with E-state index >= 15 is 0 Å². The van der Waals surface area contributed by atoms with Crippen LogP contribution >= 0.6 is 0 Å². The van der Waals surface area contributed by atoms with Crippen molar-refractivity contribution >= 4 is 5.91 Å². The van der Waals surface area contributed by atoms with Crippen molar-refractivity contribution in [1.29, 1.82) is 0 Å². The molecule has 1 fully saturated rings. The van der Waals surface area contributed by atoms with Gasteiger partial charge in [-0.3, -0.25) is 14.0 Å². The fourth-order valence-electron chi connectivity index (χ4n) is 2.47. The van der Waals surface area contributed by atoms with Crippen LogP contribution in [0.15, 0.2) is 18.9 Å². The molecule has 1 aliphatic carbocycles. The summed E-state index contributed by atoms with van der Waals surface area (Å²) in [4.78, 5) is 14.5. The van der Waals surface area contributed by atoms with Crippen molar-refractivity contribution in [2.75, 3.05) is 7.05 Å². The third-order valence-corrected chi connectivity index (χ3v) is 4.04. The van der Waals surface area contributed by atoms with Crippen LogP contribution in [0, 0.1) is 5.92 Å². The molecule has 7 heteroatoms. The number of hydrogen-bond acceptors (Lipinski definition) is 4. The van der Waals surface area contributed by atoms with Gasteiger partial charge in [0.25, 0.3) is 5.91 Å². The standard InChI is InChI=1S/C13H18N6O/c1-9(10-4-5-10)17(2)13(20)11-6-16-18(3)12(11)19-7-14-15-8-19/h6-10H,4-5H2,1-3H3. The minimum atomic E-state index is -0.0128. The molecular formula is C13H18N6O. The topological polar surface area (TPSA) is 68.8 Å². The van der Waals surface area contributed by atoms with Crippen molar-refractivity contribution in [3.8, 4) is 5.82 Å². The summed E-state index contributed by atoms with van der Waals surface area (Å²) in [6.07, 6.45) is 7.16. The van der Waals surface area contributed by atoms with Crippen LogP contribution in [0.5, 0.6) is 0 Å². The van der Waals surface area contributed by atoms with Gasteiger partial charge in [-0.15, -0.1) is 10.2 Å². The number of rotatable bonds is 4. The van der Waals surface area contributed by atoms with Gasteiger partial charge >= 0.3 is 0 Å². The molecule has 2 aromatic heterocycles. The summed E-state index contributed by atoms with van der Waals surface area (Å²) in [5, 5.41) is 11.8. The first kappa shape index (κ1) is 12.8. The number of carbonyl (C=O) groups excluding carboxylic acids is 1. The van der Waals surface area contributed by atoms with Crippen molar-refractivity contribution < 1.29 is 4.79 Å². The predicted octanol–water partition coefficient (Wildman–Crippen LogP) is 0.871. The van der Waals surface area contributed by atoms with E-state index in [1.807, 2.05) is 11.9 Å². The average molecular weight is 274 g/mol. The maximum atomic E-state index is 12.7. The first-order valence-corrected chi connectivity index (χ1v) is 6.73. The molecule has 0 aromatic carbocycles. The van der Waals surface area contributed by atoms with E-state index in [4.69, 9.17) is 0 Å². The van der Waals surface area contributed by atoms with Gasteiger partial charge in [0, 0.05) is 20.1 Å². The maximum absolute atomic E-state index is 12.7. The quantitative estimate of drug-likeness (QED) is 0.829. The number of hydrogen-bond donors (Lipinski definition) is 0. The summed E-state index contributed by atoms with van der Waals surface area (Å²) < 4.78 is 3.36. The van der Waals surface area contributed by atoms with E-state index in [9.17, 15) is 4.79 Å². The minimum absolute atomic E-state index is 0.0128. The van der Waals surface area contributed by atoms with Crippen LogP contribution in [-0.4, -0.2) is 48.4 Å². The van der Waals surface area contributed by atoms with Crippen LogP contribution in [0.25, 0.3) is 5.82 Å². The van der Waals surface area contributed by atoms with Gasteiger partial charge in [-0.1, -0.05) is 0 Å². The Morgan fingerprint density at radius 3 is 2.65 bits per heavy atom. The Labute approximate surface area is 117 Å². The van der Waals surface area contributed by atoms with Gasteiger partial charge < -0.3 is 4.90 Å². The second-order valence-electron chi connectivity index (χ2n) is 5.37. The van der Waals surface area contributed by atoms with E-state index in [1.54, 1.807) is 35.1 Å². The highest BCUT2D eigenvalue weighted by atomic mass is 16.2. The van der Waals surface area contributed by atoms with E-state index in [0.717, 1.165) is 0 Å². The summed E-state index contributed by atoms with van der Waals surface area (Å²) >= 11 is 0. The first-order valence-electron chi connectivity index (χ1n) is 6.73. The van der Waals surface area contributed by atoms with E-state index in [2.05, 4.69) is 22.2 Å². The lowest BCUT2D eigenvalue weighted by Gasteiger charge is -2.24. The van der Waals surface area contributed by atoms with Gasteiger partial charge in [0.2, 0.25) is 0 Å². The molecule has 1 amide bonds. The van der Waals surface area contributed by atoms with Gasteiger partial charge in [0.1, 0.15) is 24.0 Å². The van der Waals surface area contributed by atoms with Crippen LogP contribution in [0.2, 0.25) is 0 Å². The SMILES string of the molecule is CC(C1CC1)N(C)C(=O)c1cnn(C)c1-n1cnnc1. The summed E-state index contributed by atoms with van der Waals surface area (Å²) in [5.41, 5.74) is 0.572. The van der Waals surface area contributed by atoms with E-state index < -0.39 is 0 Å². The molecule has 7 nitrogen and oxygen atoms in total. The fourth-order valence-corrected chi connectivity index (χ4v) is 2.47. The zero-order valence-corrected chi connectivity index (χ0v) is 11.9. The number of aryl methyl sites for hydroxylation is 1. The van der Waals surface area contributed by atoms with E-state index in [0.29, 0.717) is 17.3 Å². The van der Waals surface area contributed by atoms with Crippen LogP contribution < -0.4 is 0 Å². The largest absolute Gasteiger partial charge is 0.339 e. The second-order valence-corrected chi connectivity index (χ2v) is 5.37. The molecule has 0 radical (unpaired) electrons. The monoisotopic (exact) mass is 274 g/mol. The molecule has 2 aromatic rings. The van der Waals surface area contributed by atoms with Gasteiger partial charge in [0.05, 0.1) is 6.20 Å². The fraction of sp³-hybridized carbons (Fsp3) is 0.538. The number of amides is 1. The van der Waals surface area contributed by atoms with Crippen molar-refractivity contribution in [1.82, 2.24) is 29.4 Å². The molecule has 0 saturated heterocycles. The molecule has 0 spiro atoms. The lowest BCUT2D eigenvalue weighted by atomic mass is 10.1. The second kappa shape index (κ2) is 4.73. The first-order chi connectivity index (χ1) is 9.59. The molecule has 0 bridgehead atoms. The molecular weight excluding hydrogens is 256 g/mol. The molecule has 2 heterocycles. The van der Waals surface area contributed by atoms with Crippen molar-refractivity contribution in [3.05, 3.63) is 24.4 Å². The number of carbonyl (C=O) groups is 1.